The first-order chi connectivity index (χ1) is 21.9. The molecule has 0 saturated heterocycles. The summed E-state index contributed by atoms with van der Waals surface area (Å²) in [6.07, 6.45) is 9.55. The van der Waals surface area contributed by atoms with Gasteiger partial charge in [0.15, 0.2) is 11.6 Å². The van der Waals surface area contributed by atoms with Gasteiger partial charge < -0.3 is 9.47 Å². The topological polar surface area (TPSA) is 18.5 Å². The molecule has 0 spiro atoms. The second-order valence-corrected chi connectivity index (χ2v) is 14.1. The molecule has 0 unspecified atom stereocenters. The molecular weight excluding hydrogens is 609 g/mol. The van der Waals surface area contributed by atoms with Gasteiger partial charge in [0, 0.05) is 11.6 Å². The quantitative estimate of drug-likeness (QED) is 0.177. The number of hydrogen-bond acceptors (Lipinski definition) is 2. The van der Waals surface area contributed by atoms with Gasteiger partial charge in [-0.05, 0) is 124 Å². The molecular formula is C37H47F7O2. The van der Waals surface area contributed by atoms with Crippen LogP contribution in [-0.2, 0) is 0 Å². The SMILES string of the molecule is CCCCCC1CCC(C2CCC(C3CCC(C(F)(F)Oc4ccc(-c5ccc(OC(F)(F)F)c(F)c5)c(F)c4)CC3)CC2)CC1. The lowest BCUT2D eigenvalue weighted by molar-refractivity contribution is -0.275. The van der Waals surface area contributed by atoms with Crippen molar-refractivity contribution in [2.24, 2.45) is 35.5 Å². The summed E-state index contributed by atoms with van der Waals surface area (Å²) in [5.41, 5.74) is -0.237. The van der Waals surface area contributed by atoms with Crippen molar-refractivity contribution in [1.29, 1.82) is 0 Å². The van der Waals surface area contributed by atoms with Gasteiger partial charge in [0.05, 0.1) is 5.92 Å². The van der Waals surface area contributed by atoms with E-state index in [0.29, 0.717) is 30.7 Å². The minimum atomic E-state index is -5.08. The molecule has 0 heterocycles. The molecule has 3 aliphatic rings. The highest BCUT2D eigenvalue weighted by molar-refractivity contribution is 5.66. The van der Waals surface area contributed by atoms with Gasteiger partial charge in [-0.15, -0.1) is 13.2 Å². The third-order valence-corrected chi connectivity index (χ3v) is 11.2. The Morgan fingerprint density at radius 3 is 1.72 bits per heavy atom. The van der Waals surface area contributed by atoms with Crippen LogP contribution in [0.2, 0.25) is 0 Å². The van der Waals surface area contributed by atoms with E-state index in [0.717, 1.165) is 60.9 Å². The van der Waals surface area contributed by atoms with Gasteiger partial charge in [0.1, 0.15) is 11.6 Å². The van der Waals surface area contributed by atoms with Crippen LogP contribution in [-0.4, -0.2) is 12.5 Å². The van der Waals surface area contributed by atoms with E-state index < -0.39 is 35.8 Å². The van der Waals surface area contributed by atoms with Crippen molar-refractivity contribution in [3.63, 3.8) is 0 Å². The van der Waals surface area contributed by atoms with Crippen LogP contribution in [0.4, 0.5) is 30.7 Å². The molecule has 9 heteroatoms. The summed E-state index contributed by atoms with van der Waals surface area (Å²) in [7, 11) is 0. The number of unbranched alkanes of at least 4 members (excludes halogenated alkanes) is 2. The van der Waals surface area contributed by atoms with Crippen molar-refractivity contribution in [3.8, 4) is 22.6 Å². The van der Waals surface area contributed by atoms with Gasteiger partial charge in [0.25, 0.3) is 0 Å². The fraction of sp³-hybridized carbons (Fsp3) is 0.676. The molecule has 5 rings (SSSR count). The van der Waals surface area contributed by atoms with E-state index in [2.05, 4.69) is 11.7 Å². The van der Waals surface area contributed by atoms with Gasteiger partial charge in [0.2, 0.25) is 0 Å². The molecule has 0 radical (unpaired) electrons. The summed E-state index contributed by atoms with van der Waals surface area (Å²) in [5, 5.41) is 0. The lowest BCUT2D eigenvalue weighted by atomic mass is 9.65. The van der Waals surface area contributed by atoms with E-state index >= 15 is 8.78 Å². The predicted molar refractivity (Wildman–Crippen MR) is 165 cm³/mol. The Labute approximate surface area is 268 Å². The summed E-state index contributed by atoms with van der Waals surface area (Å²) in [6, 6.07) is 5.59. The molecule has 2 aromatic carbocycles. The van der Waals surface area contributed by atoms with Crippen LogP contribution in [0.3, 0.4) is 0 Å². The Balaban J connectivity index is 1.07. The summed E-state index contributed by atoms with van der Waals surface area (Å²) >= 11 is 0. The first kappa shape index (κ1) is 34.9. The number of benzene rings is 2. The lowest BCUT2D eigenvalue weighted by Gasteiger charge is -2.42. The average Bonchev–Trinajstić information content (AvgIpc) is 3.02. The predicted octanol–water partition coefficient (Wildman–Crippen LogP) is 12.5. The van der Waals surface area contributed by atoms with Crippen molar-refractivity contribution < 1.29 is 40.2 Å². The van der Waals surface area contributed by atoms with E-state index in [1.165, 1.54) is 77.0 Å². The molecule has 46 heavy (non-hydrogen) atoms. The first-order valence-electron chi connectivity index (χ1n) is 17.3. The monoisotopic (exact) mass is 656 g/mol. The molecule has 3 aliphatic carbocycles. The Kier molecular flexibility index (Phi) is 11.5. The maximum Gasteiger partial charge on any atom is 0.573 e. The molecule has 0 bridgehead atoms. The molecule has 2 nitrogen and oxygen atoms in total. The number of alkyl halides is 5. The molecule has 3 fully saturated rings. The van der Waals surface area contributed by atoms with Crippen molar-refractivity contribution in [1.82, 2.24) is 0 Å². The highest BCUT2D eigenvalue weighted by atomic mass is 19.4. The first-order valence-corrected chi connectivity index (χ1v) is 17.3. The number of hydrogen-bond donors (Lipinski definition) is 0. The van der Waals surface area contributed by atoms with Crippen molar-refractivity contribution in [2.75, 3.05) is 0 Å². The lowest BCUT2D eigenvalue weighted by Crippen LogP contribution is -2.38. The molecule has 0 aliphatic heterocycles. The summed E-state index contributed by atoms with van der Waals surface area (Å²) in [6.45, 7) is 2.26. The van der Waals surface area contributed by atoms with E-state index in [9.17, 15) is 22.0 Å². The Morgan fingerprint density at radius 1 is 0.630 bits per heavy atom. The summed E-state index contributed by atoms with van der Waals surface area (Å²) < 4.78 is 105. The molecule has 3 saturated carbocycles. The minimum Gasteiger partial charge on any atom is -0.432 e. The fourth-order valence-electron chi connectivity index (χ4n) is 8.56. The second kappa shape index (κ2) is 15.2. The standard InChI is InChI=1S/C37H47F7O2/c1-2-3-4-5-24-6-8-25(9-7-24)26-10-12-27(13-11-26)28-14-17-30(18-15-28)36(40,41)45-31-19-20-32(33(38)23-31)29-16-21-35(34(39)22-29)46-37(42,43)44/h16,19-28,30H,2-15,17-18H2,1H3. The van der Waals surface area contributed by atoms with E-state index in [1.807, 2.05) is 0 Å². The number of halogens is 7. The Bertz CT molecular complexity index is 1250. The highest BCUT2D eigenvalue weighted by Crippen LogP contribution is 2.48. The van der Waals surface area contributed by atoms with Crippen molar-refractivity contribution >= 4 is 0 Å². The molecule has 256 valence electrons. The van der Waals surface area contributed by atoms with Crippen molar-refractivity contribution in [3.05, 3.63) is 48.0 Å². The minimum absolute atomic E-state index is 0.0691. The van der Waals surface area contributed by atoms with Crippen LogP contribution in [0.15, 0.2) is 36.4 Å². The largest absolute Gasteiger partial charge is 0.573 e. The normalized spacial score (nSPS) is 27.7. The second-order valence-electron chi connectivity index (χ2n) is 14.1. The zero-order chi connectivity index (χ0) is 32.9. The summed E-state index contributed by atoms with van der Waals surface area (Å²) in [4.78, 5) is 0. The van der Waals surface area contributed by atoms with Crippen LogP contribution >= 0.6 is 0 Å². The van der Waals surface area contributed by atoms with Gasteiger partial charge in [-0.2, -0.15) is 8.78 Å². The van der Waals surface area contributed by atoms with Crippen LogP contribution in [0.1, 0.15) is 110 Å². The maximum atomic E-state index is 15.2. The van der Waals surface area contributed by atoms with Crippen LogP contribution in [0.25, 0.3) is 11.1 Å². The smallest absolute Gasteiger partial charge is 0.432 e. The fourth-order valence-corrected chi connectivity index (χ4v) is 8.56. The van der Waals surface area contributed by atoms with Gasteiger partial charge in [-0.25, -0.2) is 8.78 Å². The van der Waals surface area contributed by atoms with Gasteiger partial charge in [-0.1, -0.05) is 51.5 Å². The van der Waals surface area contributed by atoms with Gasteiger partial charge in [-0.3, -0.25) is 0 Å². The number of ether oxygens (including phenoxy) is 2. The van der Waals surface area contributed by atoms with Crippen molar-refractivity contribution in [2.45, 2.75) is 122 Å². The molecule has 2 aromatic rings. The van der Waals surface area contributed by atoms with Crippen LogP contribution < -0.4 is 9.47 Å². The van der Waals surface area contributed by atoms with E-state index in [1.54, 1.807) is 0 Å². The van der Waals surface area contributed by atoms with Crippen LogP contribution in [0.5, 0.6) is 11.5 Å². The third-order valence-electron chi connectivity index (χ3n) is 11.2. The van der Waals surface area contributed by atoms with Crippen LogP contribution in [0, 0.1) is 47.1 Å². The average molecular weight is 657 g/mol. The van der Waals surface area contributed by atoms with E-state index in [-0.39, 0.29) is 16.9 Å². The van der Waals surface area contributed by atoms with E-state index in [4.69, 9.17) is 4.74 Å². The maximum absolute atomic E-state index is 15.2. The molecule has 0 amide bonds. The zero-order valence-electron chi connectivity index (χ0n) is 26.7. The molecule has 0 aromatic heterocycles. The zero-order valence-corrected chi connectivity index (χ0v) is 26.7. The Morgan fingerprint density at radius 2 is 1.20 bits per heavy atom. The summed E-state index contributed by atoms with van der Waals surface area (Å²) in [5.74, 6) is -0.975. The number of rotatable bonds is 11. The Hall–Kier alpha value is -2.45. The highest BCUT2D eigenvalue weighted by Gasteiger charge is 2.45. The van der Waals surface area contributed by atoms with Gasteiger partial charge >= 0.3 is 12.5 Å². The molecule has 0 N–H and O–H groups in total. The third kappa shape index (κ3) is 9.12. The molecule has 0 atom stereocenters.